The quantitative estimate of drug-likeness (QED) is 0.515. The third-order valence-electron chi connectivity index (χ3n) is 2.21. The van der Waals surface area contributed by atoms with Crippen LogP contribution in [0.1, 0.15) is 71.6 Å². The van der Waals surface area contributed by atoms with Crippen molar-refractivity contribution < 1.29 is 13.3 Å². The molecule has 4 heteroatoms. The fourth-order valence-corrected chi connectivity index (χ4v) is 1.38. The Morgan fingerprint density at radius 3 is 1.27 bits per heavy atom. The van der Waals surface area contributed by atoms with Gasteiger partial charge in [0.15, 0.2) is 0 Å². The predicted octanol–water partition coefficient (Wildman–Crippen LogP) is 3.88. The maximum atomic E-state index is 8.56. The fourth-order valence-electron chi connectivity index (χ4n) is 1.38. The van der Waals surface area contributed by atoms with Crippen LogP contribution >= 0.6 is 0 Å². The molecule has 0 bridgehead atoms. The Kier molecular flexibility index (Phi) is 19.2. The van der Waals surface area contributed by atoms with Gasteiger partial charge in [0.1, 0.15) is 0 Å². The largest absolute Gasteiger partial charge is 0.750 e. The molecule has 3 nitrogen and oxygen atoms in total. The molecule has 1 N–H and O–H groups in total. The number of rotatable bonds is 8. The normalized spacial score (nSPS) is 11.7. The SMILES string of the molecule is CCCCCCCCCCC.O=S([O-])O. The van der Waals surface area contributed by atoms with Crippen molar-refractivity contribution in [3.63, 3.8) is 0 Å². The number of unbranched alkanes of at least 4 members (excludes halogenated alkanes) is 8. The van der Waals surface area contributed by atoms with E-state index in [0.29, 0.717) is 0 Å². The van der Waals surface area contributed by atoms with Crippen molar-refractivity contribution >= 4 is 11.4 Å². The monoisotopic (exact) mass is 237 g/mol. The zero-order chi connectivity index (χ0) is 11.9. The Balaban J connectivity index is 0. The van der Waals surface area contributed by atoms with E-state index in [1.165, 1.54) is 57.8 Å². The highest BCUT2D eigenvalue weighted by Gasteiger charge is 1.88. The Hall–Kier alpha value is 0.0700. The summed E-state index contributed by atoms with van der Waals surface area (Å²) in [6.45, 7) is 4.55. The van der Waals surface area contributed by atoms with Crippen LogP contribution in [0.3, 0.4) is 0 Å². The van der Waals surface area contributed by atoms with Gasteiger partial charge in [0.05, 0.1) is 11.4 Å². The Bertz CT molecular complexity index is 117. The van der Waals surface area contributed by atoms with Gasteiger partial charge >= 0.3 is 0 Å². The summed E-state index contributed by atoms with van der Waals surface area (Å²) in [4.78, 5) is 0. The van der Waals surface area contributed by atoms with Gasteiger partial charge in [-0.25, -0.2) is 4.21 Å². The van der Waals surface area contributed by atoms with E-state index in [9.17, 15) is 0 Å². The predicted molar refractivity (Wildman–Crippen MR) is 64.4 cm³/mol. The summed E-state index contributed by atoms with van der Waals surface area (Å²) >= 11 is -2.86. The molecule has 0 saturated carbocycles. The lowest BCUT2D eigenvalue weighted by Gasteiger charge is -1.98. The molecule has 0 saturated heterocycles. The van der Waals surface area contributed by atoms with Gasteiger partial charge in [-0.1, -0.05) is 71.6 Å². The van der Waals surface area contributed by atoms with Gasteiger partial charge in [-0.2, -0.15) is 0 Å². The van der Waals surface area contributed by atoms with Crippen molar-refractivity contribution in [3.05, 3.63) is 0 Å². The van der Waals surface area contributed by atoms with Crippen LogP contribution in [0.2, 0.25) is 0 Å². The third kappa shape index (κ3) is 31.5. The molecule has 0 rings (SSSR count). The summed E-state index contributed by atoms with van der Waals surface area (Å²) in [5.74, 6) is 0. The highest BCUT2D eigenvalue weighted by Crippen LogP contribution is 2.08. The van der Waals surface area contributed by atoms with Crippen LogP contribution in [-0.2, 0) is 11.4 Å². The molecule has 15 heavy (non-hydrogen) atoms. The fraction of sp³-hybridized carbons (Fsp3) is 1.00. The molecule has 0 spiro atoms. The molecule has 0 amide bonds. The van der Waals surface area contributed by atoms with Gasteiger partial charge in [0, 0.05) is 0 Å². The molecule has 0 radical (unpaired) electrons. The first-order valence-electron chi connectivity index (χ1n) is 5.93. The zero-order valence-corrected chi connectivity index (χ0v) is 10.9. The summed E-state index contributed by atoms with van der Waals surface area (Å²) in [7, 11) is 0. The molecule has 0 fully saturated rings. The van der Waals surface area contributed by atoms with Gasteiger partial charge in [-0.15, -0.1) is 0 Å². The van der Waals surface area contributed by atoms with Crippen LogP contribution < -0.4 is 0 Å². The average Bonchev–Trinajstić information content (AvgIpc) is 2.16. The van der Waals surface area contributed by atoms with E-state index in [1.807, 2.05) is 0 Å². The number of hydrogen-bond acceptors (Lipinski definition) is 2. The molecular formula is C11H25O3S-. The number of hydrogen-bond donors (Lipinski definition) is 1. The summed E-state index contributed by atoms with van der Waals surface area (Å²) in [5, 5.41) is 0. The molecule has 0 heterocycles. The lowest BCUT2D eigenvalue weighted by molar-refractivity contribution is 0.436. The molecule has 0 aliphatic carbocycles. The van der Waals surface area contributed by atoms with Crippen molar-refractivity contribution in [1.29, 1.82) is 0 Å². The van der Waals surface area contributed by atoms with Crippen LogP contribution in [-0.4, -0.2) is 13.3 Å². The van der Waals surface area contributed by atoms with Gasteiger partial charge in [0.2, 0.25) is 0 Å². The Morgan fingerprint density at radius 1 is 0.867 bits per heavy atom. The van der Waals surface area contributed by atoms with Crippen molar-refractivity contribution in [1.82, 2.24) is 0 Å². The molecule has 1 atom stereocenters. The first-order chi connectivity index (χ1) is 7.15. The zero-order valence-electron chi connectivity index (χ0n) is 10.0. The summed E-state index contributed by atoms with van der Waals surface area (Å²) in [5.41, 5.74) is 0. The summed E-state index contributed by atoms with van der Waals surface area (Å²) in [6, 6.07) is 0. The Labute approximate surface area is 96.8 Å². The van der Waals surface area contributed by atoms with E-state index in [-0.39, 0.29) is 0 Å². The highest BCUT2D eigenvalue weighted by molar-refractivity contribution is 7.73. The van der Waals surface area contributed by atoms with Crippen molar-refractivity contribution in [2.24, 2.45) is 0 Å². The first kappa shape index (κ1) is 17.5. The van der Waals surface area contributed by atoms with E-state index in [4.69, 9.17) is 13.3 Å². The second kappa shape index (κ2) is 16.5. The second-order valence-corrected chi connectivity index (χ2v) is 4.13. The van der Waals surface area contributed by atoms with Gasteiger partial charge in [-0.05, 0) is 0 Å². The summed E-state index contributed by atoms with van der Waals surface area (Å²) < 4.78 is 24.1. The van der Waals surface area contributed by atoms with E-state index in [2.05, 4.69) is 13.8 Å². The van der Waals surface area contributed by atoms with Crippen molar-refractivity contribution in [3.8, 4) is 0 Å². The van der Waals surface area contributed by atoms with E-state index >= 15 is 0 Å². The molecule has 0 aromatic heterocycles. The van der Waals surface area contributed by atoms with Crippen LogP contribution in [0.15, 0.2) is 0 Å². The molecule has 94 valence electrons. The van der Waals surface area contributed by atoms with Gasteiger partial charge in [0.25, 0.3) is 0 Å². The molecular weight excluding hydrogens is 212 g/mol. The second-order valence-electron chi connectivity index (χ2n) is 3.69. The average molecular weight is 237 g/mol. The molecule has 0 aromatic carbocycles. The molecule has 0 aliphatic heterocycles. The van der Waals surface area contributed by atoms with Gasteiger partial charge < -0.3 is 9.11 Å². The lowest BCUT2D eigenvalue weighted by atomic mass is 10.1. The van der Waals surface area contributed by atoms with Crippen LogP contribution in [0.4, 0.5) is 0 Å². The van der Waals surface area contributed by atoms with Crippen LogP contribution in [0, 0.1) is 0 Å². The third-order valence-corrected chi connectivity index (χ3v) is 2.21. The molecule has 0 aromatic rings. The topological polar surface area (TPSA) is 60.4 Å². The smallest absolute Gasteiger partial charge is 0.0814 e. The maximum absolute atomic E-state index is 8.56. The summed E-state index contributed by atoms with van der Waals surface area (Å²) in [6.07, 6.45) is 13.0. The standard InChI is InChI=1S/C11H24.H2O3S/c1-3-5-7-9-11-10-8-6-4-2;1-4(2)3/h3-11H2,1-2H3;(H2,1,2,3)/p-1. The van der Waals surface area contributed by atoms with E-state index < -0.39 is 11.4 Å². The minimum absolute atomic E-state index is 1.37. The molecule has 1 unspecified atom stereocenters. The van der Waals surface area contributed by atoms with Crippen LogP contribution in [0.5, 0.6) is 0 Å². The Morgan fingerprint density at radius 2 is 1.07 bits per heavy atom. The highest BCUT2D eigenvalue weighted by atomic mass is 32.2. The lowest BCUT2D eigenvalue weighted by Crippen LogP contribution is -1.79. The van der Waals surface area contributed by atoms with E-state index in [1.54, 1.807) is 0 Å². The van der Waals surface area contributed by atoms with Crippen molar-refractivity contribution in [2.45, 2.75) is 71.6 Å². The maximum Gasteiger partial charge on any atom is 0.0814 e. The van der Waals surface area contributed by atoms with Crippen LogP contribution in [0.25, 0.3) is 0 Å². The van der Waals surface area contributed by atoms with E-state index in [0.717, 1.165) is 0 Å². The first-order valence-corrected chi connectivity index (χ1v) is 6.96. The minimum Gasteiger partial charge on any atom is -0.750 e. The minimum atomic E-state index is -2.86. The van der Waals surface area contributed by atoms with Crippen molar-refractivity contribution in [2.75, 3.05) is 0 Å². The molecule has 0 aliphatic rings. The van der Waals surface area contributed by atoms with Gasteiger partial charge in [-0.3, -0.25) is 0 Å².